The molecule has 1 amide bonds. The lowest BCUT2D eigenvalue weighted by atomic mass is 9.43. The Hall–Kier alpha value is -0.700. The smallest absolute Gasteiger partial charge is 0.266 e. The summed E-state index contributed by atoms with van der Waals surface area (Å²) in [6.07, 6.45) is 8.87. The van der Waals surface area contributed by atoms with Gasteiger partial charge in [-0.15, -0.1) is 0 Å². The molecule has 0 aromatic heterocycles. The SMILES string of the molecule is CC(CCC(=O)NCCS(=O)(=O)O)C1CC[C@H]2[C@@H]3C(O)C[C@@H]4CC(O)CC[C@]4(C)[C@@H]3CC[C@]12C. The maximum atomic E-state index is 12.2. The topological polar surface area (TPSA) is 124 Å². The van der Waals surface area contributed by atoms with Crippen LogP contribution in [0.4, 0.5) is 0 Å². The zero-order chi connectivity index (χ0) is 24.9. The maximum absolute atomic E-state index is 12.2. The summed E-state index contributed by atoms with van der Waals surface area (Å²) >= 11 is 0. The van der Waals surface area contributed by atoms with Gasteiger partial charge in [0, 0.05) is 13.0 Å². The predicted octanol–water partition coefficient (Wildman–Crippen LogP) is 3.40. The van der Waals surface area contributed by atoms with Crippen LogP contribution < -0.4 is 5.32 Å². The first-order chi connectivity index (χ1) is 15.8. The average molecular weight is 500 g/mol. The maximum Gasteiger partial charge on any atom is 0.266 e. The molecule has 7 nitrogen and oxygen atoms in total. The first-order valence-corrected chi connectivity index (χ1v) is 15.0. The van der Waals surface area contributed by atoms with Gasteiger partial charge < -0.3 is 15.5 Å². The lowest BCUT2D eigenvalue weighted by molar-refractivity contribution is -0.174. The molecule has 4 fully saturated rings. The molecule has 4 aliphatic carbocycles. The minimum absolute atomic E-state index is 0.0625. The number of nitrogens with one attached hydrogen (secondary N) is 1. The van der Waals surface area contributed by atoms with Gasteiger partial charge >= 0.3 is 0 Å². The van der Waals surface area contributed by atoms with Crippen molar-refractivity contribution in [1.29, 1.82) is 0 Å². The quantitative estimate of drug-likeness (QED) is 0.398. The minimum Gasteiger partial charge on any atom is -0.393 e. The van der Waals surface area contributed by atoms with E-state index < -0.39 is 15.9 Å². The molecule has 0 aromatic rings. The summed E-state index contributed by atoms with van der Waals surface area (Å²) in [7, 11) is -4.06. The third-order valence-electron chi connectivity index (χ3n) is 10.9. The van der Waals surface area contributed by atoms with E-state index in [4.69, 9.17) is 4.55 Å². The molecule has 0 heterocycles. The Labute approximate surface area is 205 Å². The fourth-order valence-corrected chi connectivity index (χ4v) is 9.50. The third-order valence-corrected chi connectivity index (χ3v) is 11.6. The van der Waals surface area contributed by atoms with E-state index in [1.165, 1.54) is 6.42 Å². The van der Waals surface area contributed by atoms with Crippen LogP contribution in [0.1, 0.15) is 85.0 Å². The average Bonchev–Trinajstić information content (AvgIpc) is 3.09. The Kier molecular flexibility index (Phi) is 7.47. The molecule has 4 saturated carbocycles. The molecule has 34 heavy (non-hydrogen) atoms. The Bertz CT molecular complexity index is 863. The number of rotatable bonds is 7. The zero-order valence-corrected chi connectivity index (χ0v) is 21.9. The van der Waals surface area contributed by atoms with E-state index in [2.05, 4.69) is 26.1 Å². The van der Waals surface area contributed by atoms with E-state index >= 15 is 0 Å². The van der Waals surface area contributed by atoms with Crippen LogP contribution in [0.5, 0.6) is 0 Å². The summed E-state index contributed by atoms with van der Waals surface area (Å²) in [6.45, 7) is 7.05. The summed E-state index contributed by atoms with van der Waals surface area (Å²) in [5, 5.41) is 24.2. The van der Waals surface area contributed by atoms with Gasteiger partial charge in [-0.3, -0.25) is 9.35 Å². The molecule has 4 aliphatic rings. The fourth-order valence-electron chi connectivity index (χ4n) is 9.14. The van der Waals surface area contributed by atoms with Gasteiger partial charge in [0.05, 0.1) is 18.0 Å². The molecule has 4 rings (SSSR count). The van der Waals surface area contributed by atoms with Crippen molar-refractivity contribution in [3.05, 3.63) is 0 Å². The number of hydrogen-bond acceptors (Lipinski definition) is 5. The van der Waals surface area contributed by atoms with Gasteiger partial charge in [0.2, 0.25) is 5.91 Å². The molecular formula is C26H45NO6S. The molecule has 0 saturated heterocycles. The number of aliphatic hydroxyl groups is 2. The molecule has 196 valence electrons. The first kappa shape index (κ1) is 26.4. The number of carbonyl (C=O) groups excluding carboxylic acids is 1. The van der Waals surface area contributed by atoms with Gasteiger partial charge in [-0.2, -0.15) is 8.42 Å². The molecule has 0 bridgehead atoms. The van der Waals surface area contributed by atoms with Gasteiger partial charge in [-0.1, -0.05) is 20.8 Å². The monoisotopic (exact) mass is 499 g/mol. The molecule has 8 heteroatoms. The van der Waals surface area contributed by atoms with Crippen LogP contribution in [-0.4, -0.2) is 53.6 Å². The Morgan fingerprint density at radius 1 is 1.03 bits per heavy atom. The highest BCUT2D eigenvalue weighted by atomic mass is 32.2. The molecule has 4 unspecified atom stereocenters. The summed E-state index contributed by atoms with van der Waals surface area (Å²) < 4.78 is 30.5. The largest absolute Gasteiger partial charge is 0.393 e. The highest BCUT2D eigenvalue weighted by molar-refractivity contribution is 7.85. The highest BCUT2D eigenvalue weighted by Crippen LogP contribution is 2.68. The Morgan fingerprint density at radius 2 is 1.71 bits per heavy atom. The molecule has 0 radical (unpaired) electrons. The van der Waals surface area contributed by atoms with Crippen molar-refractivity contribution in [3.8, 4) is 0 Å². The van der Waals surface area contributed by atoms with Crippen molar-refractivity contribution < 1.29 is 28.0 Å². The molecule has 0 aromatic carbocycles. The van der Waals surface area contributed by atoms with Gasteiger partial charge in [0.15, 0.2) is 0 Å². The molecule has 0 spiro atoms. The van der Waals surface area contributed by atoms with Gasteiger partial charge in [-0.05, 0) is 104 Å². The number of aliphatic hydroxyl groups excluding tert-OH is 2. The molecular weight excluding hydrogens is 454 g/mol. The van der Waals surface area contributed by atoms with Gasteiger partial charge in [0.25, 0.3) is 10.1 Å². The summed E-state index contributed by atoms with van der Waals surface area (Å²) in [4.78, 5) is 12.2. The normalized spacial score (nSPS) is 45.1. The number of amides is 1. The lowest BCUT2D eigenvalue weighted by Gasteiger charge is -2.62. The summed E-state index contributed by atoms with van der Waals surface area (Å²) in [5.74, 6) is 2.10. The van der Waals surface area contributed by atoms with Gasteiger partial charge in [-0.25, -0.2) is 0 Å². The van der Waals surface area contributed by atoms with Crippen LogP contribution in [0.25, 0.3) is 0 Å². The van der Waals surface area contributed by atoms with E-state index in [0.29, 0.717) is 41.9 Å². The van der Waals surface area contributed by atoms with Crippen molar-refractivity contribution in [2.24, 2.45) is 46.3 Å². The highest BCUT2D eigenvalue weighted by Gasteiger charge is 2.62. The second kappa shape index (κ2) is 9.64. The number of fused-ring (bicyclic) bond motifs is 5. The summed E-state index contributed by atoms with van der Waals surface area (Å²) in [5.41, 5.74) is 0.411. The fraction of sp³-hybridized carbons (Fsp3) is 0.962. The van der Waals surface area contributed by atoms with E-state index in [0.717, 1.165) is 51.4 Å². The lowest BCUT2D eigenvalue weighted by Crippen LogP contribution is -2.58. The van der Waals surface area contributed by atoms with Crippen molar-refractivity contribution in [3.63, 3.8) is 0 Å². The standard InChI is InChI=1S/C26H45NO6S/c1-16(4-7-23(30)27-12-13-34(31,32)33)19-5-6-20-24-21(9-11-26(19,20)3)25(2)10-8-18(28)14-17(25)15-22(24)29/h16-22,24,28-29H,4-15H2,1-3H3,(H,27,30)(H,31,32,33)/t16?,17-,18?,19?,20-,21+,22?,24-,25-,26+/m0/s1. The molecule has 10 atom stereocenters. The first-order valence-electron chi connectivity index (χ1n) is 13.4. The minimum atomic E-state index is -4.06. The third kappa shape index (κ3) is 4.94. The van der Waals surface area contributed by atoms with Crippen molar-refractivity contribution in [2.75, 3.05) is 12.3 Å². The van der Waals surface area contributed by atoms with Crippen LogP contribution >= 0.6 is 0 Å². The van der Waals surface area contributed by atoms with Gasteiger partial charge in [0.1, 0.15) is 0 Å². The molecule has 0 aliphatic heterocycles. The Balaban J connectivity index is 1.39. The zero-order valence-electron chi connectivity index (χ0n) is 21.1. The van der Waals surface area contributed by atoms with E-state index in [1.807, 2.05) is 0 Å². The second-order valence-electron chi connectivity index (χ2n) is 12.6. The van der Waals surface area contributed by atoms with Crippen LogP contribution in [0.15, 0.2) is 0 Å². The number of hydrogen-bond donors (Lipinski definition) is 4. The van der Waals surface area contributed by atoms with Crippen LogP contribution in [0.2, 0.25) is 0 Å². The van der Waals surface area contributed by atoms with Crippen molar-refractivity contribution in [2.45, 2.75) is 97.2 Å². The summed E-state index contributed by atoms with van der Waals surface area (Å²) in [6, 6.07) is 0. The van der Waals surface area contributed by atoms with Crippen LogP contribution in [0.3, 0.4) is 0 Å². The number of carbonyl (C=O) groups is 1. The van der Waals surface area contributed by atoms with Crippen LogP contribution in [0, 0.1) is 46.3 Å². The predicted molar refractivity (Wildman–Crippen MR) is 130 cm³/mol. The van der Waals surface area contributed by atoms with Crippen LogP contribution in [-0.2, 0) is 14.9 Å². The van der Waals surface area contributed by atoms with E-state index in [1.54, 1.807) is 0 Å². The van der Waals surface area contributed by atoms with Crippen molar-refractivity contribution >= 4 is 16.0 Å². The van der Waals surface area contributed by atoms with E-state index in [9.17, 15) is 23.4 Å². The Morgan fingerprint density at radius 3 is 2.41 bits per heavy atom. The van der Waals surface area contributed by atoms with E-state index in [-0.39, 0.29) is 35.5 Å². The molecule has 4 N–H and O–H groups in total. The second-order valence-corrected chi connectivity index (χ2v) is 14.2. The van der Waals surface area contributed by atoms with Crippen molar-refractivity contribution in [1.82, 2.24) is 5.32 Å².